The van der Waals surface area contributed by atoms with E-state index in [1.165, 1.54) is 12.2 Å². The Morgan fingerprint density at radius 1 is 1.42 bits per heavy atom. The lowest BCUT2D eigenvalue weighted by molar-refractivity contribution is 0.323. The summed E-state index contributed by atoms with van der Waals surface area (Å²) < 4.78 is 0. The lowest BCUT2D eigenvalue weighted by atomic mass is 10.2. The van der Waals surface area contributed by atoms with E-state index in [0.717, 1.165) is 0 Å². The second-order valence-electron chi connectivity index (χ2n) is 1.77. The van der Waals surface area contributed by atoms with Crippen LogP contribution in [0.3, 0.4) is 0 Å². The first-order valence-corrected chi connectivity index (χ1v) is 4.04. The molecule has 0 bridgehead atoms. The first kappa shape index (κ1) is 13.6. The normalized spacial score (nSPS) is 11.7. The Hall–Kier alpha value is -1.02. The molecule has 0 unspecified atom stereocenters. The number of hydrogen-bond donors (Lipinski definition) is 2. The van der Waals surface area contributed by atoms with Gasteiger partial charge in [-0.15, -0.1) is 0 Å². The average molecular weight is 170 g/mol. The lowest BCUT2D eigenvalue weighted by Crippen LogP contribution is -1.90. The van der Waals surface area contributed by atoms with Crippen molar-refractivity contribution in [2.75, 3.05) is 6.61 Å². The number of allylic oxidation sites excluding steroid dienone is 2. The van der Waals surface area contributed by atoms with E-state index in [1.54, 1.807) is 13.0 Å². The summed E-state index contributed by atoms with van der Waals surface area (Å²) in [5, 5.41) is 17.7. The average Bonchev–Trinajstić information content (AvgIpc) is 2.11. The van der Waals surface area contributed by atoms with Crippen LogP contribution in [0.15, 0.2) is 36.1 Å². The molecular weight excluding hydrogens is 152 g/mol. The number of hydrogen-bond acceptors (Lipinski definition) is 2. The van der Waals surface area contributed by atoms with Crippen molar-refractivity contribution in [1.82, 2.24) is 0 Å². The van der Waals surface area contributed by atoms with E-state index < -0.39 is 0 Å². The van der Waals surface area contributed by atoms with E-state index >= 15 is 0 Å². The van der Waals surface area contributed by atoms with Gasteiger partial charge in [0.15, 0.2) is 0 Å². The zero-order valence-corrected chi connectivity index (χ0v) is 8.04. The largest absolute Gasteiger partial charge is 0.508 e. The van der Waals surface area contributed by atoms with Crippen LogP contribution in [0.1, 0.15) is 20.8 Å². The molecule has 0 aromatic heterocycles. The van der Waals surface area contributed by atoms with Crippen molar-refractivity contribution in [1.29, 1.82) is 0 Å². The number of rotatable bonds is 3. The summed E-state index contributed by atoms with van der Waals surface area (Å²) in [6.45, 7) is 9.03. The Morgan fingerprint density at radius 2 is 1.92 bits per heavy atom. The third kappa shape index (κ3) is 5.74. The Bertz CT molecular complexity index is 167. The van der Waals surface area contributed by atoms with Crippen molar-refractivity contribution in [2.24, 2.45) is 0 Å². The highest BCUT2D eigenvalue weighted by molar-refractivity contribution is 5.26. The molecule has 0 atom stereocenters. The molecule has 0 radical (unpaired) electrons. The van der Waals surface area contributed by atoms with Crippen molar-refractivity contribution < 1.29 is 10.2 Å². The Morgan fingerprint density at radius 3 is 2.17 bits per heavy atom. The smallest absolute Gasteiger partial charge is 0.120 e. The van der Waals surface area contributed by atoms with Crippen LogP contribution in [-0.2, 0) is 0 Å². The summed E-state index contributed by atoms with van der Waals surface area (Å²) in [5.74, 6) is 0.0694. The van der Waals surface area contributed by atoms with Crippen molar-refractivity contribution >= 4 is 0 Å². The fourth-order valence-corrected chi connectivity index (χ4v) is 0.515. The van der Waals surface area contributed by atoms with Gasteiger partial charge in [-0.25, -0.2) is 0 Å². The Kier molecular flexibility index (Phi) is 11.3. The van der Waals surface area contributed by atoms with E-state index in [0.29, 0.717) is 5.57 Å². The van der Waals surface area contributed by atoms with Crippen molar-refractivity contribution in [2.45, 2.75) is 20.8 Å². The van der Waals surface area contributed by atoms with E-state index in [1.807, 2.05) is 13.8 Å². The van der Waals surface area contributed by atoms with Crippen LogP contribution in [0, 0.1) is 0 Å². The minimum Gasteiger partial charge on any atom is -0.508 e. The highest BCUT2D eigenvalue weighted by Crippen LogP contribution is 2.02. The maximum Gasteiger partial charge on any atom is 0.120 e. The zero-order valence-electron chi connectivity index (χ0n) is 8.04. The fraction of sp³-hybridized carbons (Fsp3) is 0.400. The fourth-order valence-electron chi connectivity index (χ4n) is 0.515. The summed E-state index contributed by atoms with van der Waals surface area (Å²) in [4.78, 5) is 0. The second-order valence-corrected chi connectivity index (χ2v) is 1.77. The van der Waals surface area contributed by atoms with Gasteiger partial charge in [0.25, 0.3) is 0 Å². The van der Waals surface area contributed by atoms with Gasteiger partial charge in [0.2, 0.25) is 0 Å². The molecule has 0 amide bonds. The van der Waals surface area contributed by atoms with Gasteiger partial charge in [-0.2, -0.15) is 0 Å². The monoisotopic (exact) mass is 170 g/mol. The molecule has 0 aliphatic carbocycles. The van der Waals surface area contributed by atoms with Gasteiger partial charge >= 0.3 is 0 Å². The van der Waals surface area contributed by atoms with Crippen LogP contribution >= 0.6 is 0 Å². The van der Waals surface area contributed by atoms with Crippen molar-refractivity contribution in [3.05, 3.63) is 36.1 Å². The Labute approximate surface area is 74.5 Å². The van der Waals surface area contributed by atoms with E-state index in [4.69, 9.17) is 10.2 Å². The maximum absolute atomic E-state index is 9.07. The van der Waals surface area contributed by atoms with Gasteiger partial charge in [0.1, 0.15) is 5.76 Å². The molecule has 0 aliphatic rings. The minimum atomic E-state index is -0.181. The van der Waals surface area contributed by atoms with Crippen LogP contribution in [0.2, 0.25) is 0 Å². The molecule has 2 nitrogen and oxygen atoms in total. The van der Waals surface area contributed by atoms with Gasteiger partial charge < -0.3 is 10.2 Å². The minimum absolute atomic E-state index is 0.0694. The molecule has 0 saturated heterocycles. The first-order valence-electron chi connectivity index (χ1n) is 4.04. The van der Waals surface area contributed by atoms with Gasteiger partial charge in [-0.1, -0.05) is 32.6 Å². The predicted molar refractivity (Wildman–Crippen MR) is 53.1 cm³/mol. The highest BCUT2D eigenvalue weighted by atomic mass is 16.3. The first-order chi connectivity index (χ1) is 5.76. The number of aliphatic hydroxyl groups is 2. The molecule has 0 aliphatic heterocycles. The van der Waals surface area contributed by atoms with Crippen molar-refractivity contribution in [3.63, 3.8) is 0 Å². The zero-order chi connectivity index (χ0) is 9.98. The topological polar surface area (TPSA) is 40.5 Å². The van der Waals surface area contributed by atoms with Crippen LogP contribution < -0.4 is 0 Å². The molecule has 0 fully saturated rings. The quantitative estimate of drug-likeness (QED) is 0.505. The molecule has 0 aromatic carbocycles. The standard InChI is InChI=1S/C8H12O2.C2H6/c1-3-5-8(10)7(4-2)6-9;1-2/h3-5,9-10H,2,6H2,1H3;1-2H3/b5-3-,8-7-;. The molecule has 2 heteroatoms. The third-order valence-corrected chi connectivity index (χ3v) is 1.07. The molecular formula is C10H18O2. The van der Waals surface area contributed by atoms with Crippen LogP contribution in [-0.4, -0.2) is 16.8 Å². The van der Waals surface area contributed by atoms with E-state index in [9.17, 15) is 0 Å². The van der Waals surface area contributed by atoms with Crippen molar-refractivity contribution in [3.8, 4) is 0 Å². The number of aliphatic hydroxyl groups excluding tert-OH is 2. The maximum atomic E-state index is 9.07. The van der Waals surface area contributed by atoms with E-state index in [2.05, 4.69) is 6.58 Å². The summed E-state index contributed by atoms with van der Waals surface area (Å²) in [5.41, 5.74) is 0.443. The van der Waals surface area contributed by atoms with Gasteiger partial charge in [-0.05, 0) is 13.0 Å². The molecule has 0 spiro atoms. The Balaban J connectivity index is 0. The molecule has 0 rings (SSSR count). The van der Waals surface area contributed by atoms with Gasteiger partial charge in [0, 0.05) is 5.57 Å². The van der Waals surface area contributed by atoms with Gasteiger partial charge in [-0.3, -0.25) is 0 Å². The van der Waals surface area contributed by atoms with Crippen LogP contribution in [0.25, 0.3) is 0 Å². The summed E-state index contributed by atoms with van der Waals surface area (Å²) in [6, 6.07) is 0. The summed E-state index contributed by atoms with van der Waals surface area (Å²) >= 11 is 0. The molecule has 2 N–H and O–H groups in total. The predicted octanol–water partition coefficient (Wildman–Crippen LogP) is 2.58. The molecule has 70 valence electrons. The van der Waals surface area contributed by atoms with E-state index in [-0.39, 0.29) is 12.4 Å². The molecule has 0 heterocycles. The second kappa shape index (κ2) is 9.98. The molecule has 0 aromatic rings. The van der Waals surface area contributed by atoms with Crippen LogP contribution in [0.4, 0.5) is 0 Å². The van der Waals surface area contributed by atoms with Crippen LogP contribution in [0.5, 0.6) is 0 Å². The summed E-state index contributed by atoms with van der Waals surface area (Å²) in [7, 11) is 0. The lowest BCUT2D eigenvalue weighted by Gasteiger charge is -1.96. The highest BCUT2D eigenvalue weighted by Gasteiger charge is 1.93. The third-order valence-electron chi connectivity index (χ3n) is 1.07. The SMILES string of the molecule is C=C/C(CO)=C(O)\C=C/C.CC. The van der Waals surface area contributed by atoms with Gasteiger partial charge in [0.05, 0.1) is 6.61 Å². The summed E-state index contributed by atoms with van der Waals surface area (Å²) in [6.07, 6.45) is 4.62. The molecule has 12 heavy (non-hydrogen) atoms. The molecule has 0 saturated carbocycles.